The number of nitrogens with zero attached hydrogens (tertiary/aromatic N) is 1. The minimum atomic E-state index is 0.0783. The Kier molecular flexibility index (Phi) is 4.98. The zero-order valence-electron chi connectivity index (χ0n) is 13.3. The largest absolute Gasteiger partial charge is 0.497 e. The fourth-order valence-corrected chi connectivity index (χ4v) is 3.48. The van der Waals surface area contributed by atoms with Gasteiger partial charge < -0.3 is 14.4 Å². The van der Waals surface area contributed by atoms with Crippen molar-refractivity contribution in [1.29, 1.82) is 0 Å². The number of benzene rings is 1. The van der Waals surface area contributed by atoms with Crippen LogP contribution in [0.4, 0.5) is 0 Å². The summed E-state index contributed by atoms with van der Waals surface area (Å²) in [7, 11) is 1.69. The van der Waals surface area contributed by atoms with Gasteiger partial charge in [-0.15, -0.1) is 0 Å². The molecule has 0 aliphatic carbocycles. The molecule has 2 unspecified atom stereocenters. The van der Waals surface area contributed by atoms with Crippen LogP contribution in [0.2, 0.25) is 0 Å². The molecule has 0 N–H and O–H groups in total. The van der Waals surface area contributed by atoms with Crippen LogP contribution in [0.25, 0.3) is 0 Å². The molecule has 4 heteroatoms. The number of amides is 1. The Balaban J connectivity index is 1.69. The van der Waals surface area contributed by atoms with Crippen molar-refractivity contribution < 1.29 is 14.3 Å². The van der Waals surface area contributed by atoms with Crippen molar-refractivity contribution in [2.45, 2.75) is 31.6 Å². The third kappa shape index (κ3) is 3.43. The summed E-state index contributed by atoms with van der Waals surface area (Å²) in [5.41, 5.74) is 1.31. The molecule has 1 aromatic rings. The second-order valence-corrected chi connectivity index (χ2v) is 6.31. The van der Waals surface area contributed by atoms with Crippen LogP contribution in [0.3, 0.4) is 0 Å². The van der Waals surface area contributed by atoms with Crippen LogP contribution in [0.5, 0.6) is 5.75 Å². The molecule has 120 valence electrons. The van der Waals surface area contributed by atoms with Crippen LogP contribution in [0, 0.1) is 5.92 Å². The quantitative estimate of drug-likeness (QED) is 0.862. The Hall–Kier alpha value is -1.55. The highest BCUT2D eigenvalue weighted by Gasteiger charge is 2.30. The van der Waals surface area contributed by atoms with Gasteiger partial charge in [0.2, 0.25) is 5.91 Å². The van der Waals surface area contributed by atoms with Crippen LogP contribution in [-0.4, -0.2) is 44.2 Å². The summed E-state index contributed by atoms with van der Waals surface area (Å²) < 4.78 is 10.6. The molecule has 0 radical (unpaired) electrons. The van der Waals surface area contributed by atoms with Crippen molar-refractivity contribution >= 4 is 5.91 Å². The van der Waals surface area contributed by atoms with E-state index < -0.39 is 0 Å². The highest BCUT2D eigenvalue weighted by atomic mass is 16.5. The van der Waals surface area contributed by atoms with Gasteiger partial charge in [-0.1, -0.05) is 18.6 Å². The first-order chi connectivity index (χ1) is 10.8. The highest BCUT2D eigenvalue weighted by molar-refractivity contribution is 5.79. The third-order valence-electron chi connectivity index (χ3n) is 4.85. The van der Waals surface area contributed by atoms with Gasteiger partial charge in [0.25, 0.3) is 0 Å². The molecule has 0 saturated carbocycles. The minimum Gasteiger partial charge on any atom is -0.497 e. The van der Waals surface area contributed by atoms with Crippen molar-refractivity contribution in [2.75, 3.05) is 33.4 Å². The van der Waals surface area contributed by atoms with E-state index in [9.17, 15) is 4.79 Å². The van der Waals surface area contributed by atoms with E-state index >= 15 is 0 Å². The van der Waals surface area contributed by atoms with Crippen molar-refractivity contribution in [3.8, 4) is 5.75 Å². The summed E-state index contributed by atoms with van der Waals surface area (Å²) >= 11 is 0. The Morgan fingerprint density at radius 2 is 2.05 bits per heavy atom. The van der Waals surface area contributed by atoms with E-state index in [1.807, 2.05) is 12.1 Å². The Labute approximate surface area is 132 Å². The standard InChI is InChI=1S/C18H25NO3/c1-21-17-7-5-14(6-8-17)15-4-2-3-10-19(12-15)18(20)16-9-11-22-13-16/h5-8,15-16H,2-4,9-13H2,1H3. The van der Waals surface area contributed by atoms with Gasteiger partial charge >= 0.3 is 0 Å². The molecule has 1 amide bonds. The molecule has 22 heavy (non-hydrogen) atoms. The first-order valence-corrected chi connectivity index (χ1v) is 8.28. The highest BCUT2D eigenvalue weighted by Crippen LogP contribution is 2.29. The zero-order chi connectivity index (χ0) is 15.4. The maximum absolute atomic E-state index is 12.7. The van der Waals surface area contributed by atoms with Gasteiger partial charge in [0.15, 0.2) is 0 Å². The predicted octanol–water partition coefficient (Wildman–Crippen LogP) is 2.83. The fraction of sp³-hybridized carbons (Fsp3) is 0.611. The molecular formula is C18H25NO3. The van der Waals surface area contributed by atoms with E-state index in [1.54, 1.807) is 7.11 Å². The number of carbonyl (C=O) groups excluding carboxylic acids is 1. The first kappa shape index (κ1) is 15.3. The van der Waals surface area contributed by atoms with Gasteiger partial charge in [-0.3, -0.25) is 4.79 Å². The summed E-state index contributed by atoms with van der Waals surface area (Å²) in [6.07, 6.45) is 4.31. The molecule has 2 saturated heterocycles. The van der Waals surface area contributed by atoms with Crippen LogP contribution in [0.1, 0.15) is 37.2 Å². The van der Waals surface area contributed by atoms with Crippen molar-refractivity contribution in [3.05, 3.63) is 29.8 Å². The van der Waals surface area contributed by atoms with Gasteiger partial charge in [0, 0.05) is 25.6 Å². The van der Waals surface area contributed by atoms with Crippen LogP contribution in [-0.2, 0) is 9.53 Å². The molecule has 0 bridgehead atoms. The number of hydrogen-bond donors (Lipinski definition) is 0. The normalized spacial score (nSPS) is 25.8. The monoisotopic (exact) mass is 303 g/mol. The van der Waals surface area contributed by atoms with Gasteiger partial charge in [0.05, 0.1) is 19.6 Å². The topological polar surface area (TPSA) is 38.8 Å². The molecule has 0 aromatic heterocycles. The summed E-state index contributed by atoms with van der Waals surface area (Å²) in [5.74, 6) is 1.68. The molecular weight excluding hydrogens is 278 g/mol. The second kappa shape index (κ2) is 7.14. The van der Waals surface area contributed by atoms with E-state index in [0.29, 0.717) is 12.5 Å². The van der Waals surface area contributed by atoms with E-state index in [4.69, 9.17) is 9.47 Å². The van der Waals surface area contributed by atoms with Crippen molar-refractivity contribution in [3.63, 3.8) is 0 Å². The molecule has 2 heterocycles. The molecule has 4 nitrogen and oxygen atoms in total. The zero-order valence-corrected chi connectivity index (χ0v) is 13.3. The Morgan fingerprint density at radius 1 is 1.23 bits per heavy atom. The van der Waals surface area contributed by atoms with Gasteiger partial charge in [-0.05, 0) is 37.0 Å². The Morgan fingerprint density at radius 3 is 2.73 bits per heavy atom. The fourth-order valence-electron chi connectivity index (χ4n) is 3.48. The average Bonchev–Trinajstić information content (AvgIpc) is 2.99. The molecule has 2 aliphatic rings. The molecule has 2 fully saturated rings. The van der Waals surface area contributed by atoms with Crippen LogP contribution >= 0.6 is 0 Å². The predicted molar refractivity (Wildman–Crippen MR) is 85.1 cm³/mol. The number of hydrogen-bond acceptors (Lipinski definition) is 3. The number of rotatable bonds is 3. The molecule has 2 atom stereocenters. The maximum atomic E-state index is 12.7. The van der Waals surface area contributed by atoms with E-state index in [0.717, 1.165) is 44.7 Å². The molecule has 3 rings (SSSR count). The van der Waals surface area contributed by atoms with E-state index in [-0.39, 0.29) is 11.8 Å². The number of methoxy groups -OCH3 is 1. The van der Waals surface area contributed by atoms with E-state index in [1.165, 1.54) is 12.0 Å². The summed E-state index contributed by atoms with van der Waals surface area (Å²) in [5, 5.41) is 0. The lowest BCUT2D eigenvalue weighted by Gasteiger charge is -2.27. The van der Waals surface area contributed by atoms with E-state index in [2.05, 4.69) is 17.0 Å². The Bertz CT molecular complexity index is 494. The maximum Gasteiger partial charge on any atom is 0.228 e. The second-order valence-electron chi connectivity index (χ2n) is 6.31. The SMILES string of the molecule is COc1ccc(C2CCCCN(C(=O)C3CCOC3)C2)cc1. The first-order valence-electron chi connectivity index (χ1n) is 8.28. The van der Waals surface area contributed by atoms with Crippen LogP contribution in [0.15, 0.2) is 24.3 Å². The smallest absolute Gasteiger partial charge is 0.228 e. The molecule has 1 aromatic carbocycles. The summed E-state index contributed by atoms with van der Waals surface area (Å²) in [6.45, 7) is 3.05. The van der Waals surface area contributed by atoms with Crippen molar-refractivity contribution in [2.24, 2.45) is 5.92 Å². The lowest BCUT2D eigenvalue weighted by molar-refractivity contribution is -0.135. The lowest BCUT2D eigenvalue weighted by atomic mass is 9.94. The summed E-state index contributed by atoms with van der Waals surface area (Å²) in [6, 6.07) is 8.29. The van der Waals surface area contributed by atoms with Crippen LogP contribution < -0.4 is 4.74 Å². The van der Waals surface area contributed by atoms with Gasteiger partial charge in [-0.25, -0.2) is 0 Å². The lowest BCUT2D eigenvalue weighted by Crippen LogP contribution is -2.38. The number of carbonyl (C=O) groups is 1. The molecule has 0 spiro atoms. The number of ether oxygens (including phenoxy) is 2. The average molecular weight is 303 g/mol. The number of likely N-dealkylation sites (tertiary alicyclic amines) is 1. The summed E-state index contributed by atoms with van der Waals surface area (Å²) in [4.78, 5) is 14.7. The minimum absolute atomic E-state index is 0.0783. The van der Waals surface area contributed by atoms with Gasteiger partial charge in [-0.2, -0.15) is 0 Å². The molecule has 2 aliphatic heterocycles. The van der Waals surface area contributed by atoms with Gasteiger partial charge in [0.1, 0.15) is 5.75 Å². The van der Waals surface area contributed by atoms with Crippen molar-refractivity contribution in [1.82, 2.24) is 4.90 Å². The third-order valence-corrected chi connectivity index (χ3v) is 4.85.